The smallest absolute Gasteiger partial charge is 0.744 e. The SMILES string of the molecule is Cc1ccc(S(=O)(=O)c2c[c-]c(Cl)cc2)cc1S(=O)(=O)[O-].O=S(=O)=O.[2H]SC([2H])(P)S.[Na+].[Na+]. The van der Waals surface area contributed by atoms with Crippen LogP contribution in [0.2, 0.25) is 5.02 Å². The molecule has 2 atom stereocenters. The third kappa shape index (κ3) is 15.0. The summed E-state index contributed by atoms with van der Waals surface area (Å²) in [5.41, 5.74) is 0.187. The fraction of sp³-hybridized carbons (Fsp3) is 0.143. The van der Waals surface area contributed by atoms with Gasteiger partial charge in [0.15, 0.2) is 9.84 Å². The average Bonchev–Trinajstić information content (AvgIpc) is 2.60. The first-order chi connectivity index (χ1) is 13.9. The van der Waals surface area contributed by atoms with Crippen molar-refractivity contribution in [3.8, 4) is 0 Å². The molecule has 0 fully saturated rings. The molecule has 17 heteroatoms. The second kappa shape index (κ2) is 16.9. The first kappa shape index (κ1) is 32.3. The van der Waals surface area contributed by atoms with Gasteiger partial charge in [0.1, 0.15) is 11.2 Å². The summed E-state index contributed by atoms with van der Waals surface area (Å²) in [5.74, 6) is 0. The van der Waals surface area contributed by atoms with Crippen LogP contribution in [-0.4, -0.2) is 39.4 Å². The van der Waals surface area contributed by atoms with E-state index in [1.807, 2.05) is 0 Å². The van der Waals surface area contributed by atoms with Gasteiger partial charge in [-0.05, 0) is 29.5 Å². The Morgan fingerprint density at radius 1 is 1.16 bits per heavy atom. The summed E-state index contributed by atoms with van der Waals surface area (Å²) in [7, 11) is -9.71. The van der Waals surface area contributed by atoms with Gasteiger partial charge in [-0.1, -0.05) is 11.1 Å². The quantitative estimate of drug-likeness (QED) is 0.0930. The molecular weight excluding hydrogens is 569 g/mol. The van der Waals surface area contributed by atoms with Gasteiger partial charge in [-0.2, -0.15) is 49.4 Å². The van der Waals surface area contributed by atoms with Gasteiger partial charge in [-0.15, -0.1) is 33.5 Å². The molecule has 0 aliphatic heterocycles. The normalized spacial score (nSPS) is 13.1. The van der Waals surface area contributed by atoms with Crippen molar-refractivity contribution in [2.45, 2.75) is 25.9 Å². The first-order valence-corrected chi connectivity index (χ1v) is 12.5. The minimum absolute atomic E-state index is 0. The maximum absolute atomic E-state index is 12.4. The zero-order valence-corrected chi connectivity index (χ0v) is 26.3. The van der Waals surface area contributed by atoms with E-state index in [0.29, 0.717) is 12.5 Å². The van der Waals surface area contributed by atoms with Crippen LogP contribution in [-0.2, 0) is 30.6 Å². The van der Waals surface area contributed by atoms with Gasteiger partial charge in [0.05, 0.1) is 15.5 Å². The largest absolute Gasteiger partial charge is 1.00 e. The van der Waals surface area contributed by atoms with Gasteiger partial charge in [-0.25, -0.2) is 16.8 Å². The third-order valence-electron chi connectivity index (χ3n) is 2.80. The van der Waals surface area contributed by atoms with Gasteiger partial charge < -0.3 is 4.55 Å². The molecule has 2 aromatic carbocycles. The predicted octanol–water partition coefficient (Wildman–Crippen LogP) is -3.81. The molecule has 0 radical (unpaired) electrons. The fourth-order valence-corrected chi connectivity index (χ4v) is 3.89. The van der Waals surface area contributed by atoms with Crippen LogP contribution in [0.1, 0.15) is 6.93 Å². The van der Waals surface area contributed by atoms with Gasteiger partial charge in [0, 0.05) is 0 Å². The van der Waals surface area contributed by atoms with Gasteiger partial charge in [0.25, 0.3) is 0 Å². The second-order valence-electron chi connectivity index (χ2n) is 4.80. The van der Waals surface area contributed by atoms with Crippen molar-refractivity contribution in [1.29, 1.82) is 1.12 Å². The molecule has 0 spiro atoms. The molecule has 0 saturated heterocycles. The number of thiol groups is 2. The summed E-state index contributed by atoms with van der Waals surface area (Å²) in [4.78, 5) is -0.926. The van der Waals surface area contributed by atoms with Crippen LogP contribution in [0, 0.1) is 13.0 Å². The monoisotopic (exact) mass is 584 g/mol. The van der Waals surface area contributed by atoms with Crippen molar-refractivity contribution >= 4 is 76.6 Å². The maximum atomic E-state index is 12.4. The topological polar surface area (TPSA) is 143 Å². The molecule has 8 nitrogen and oxygen atoms in total. The van der Waals surface area contributed by atoms with Crippen LogP contribution in [0.3, 0.4) is 0 Å². The Morgan fingerprint density at radius 2 is 1.61 bits per heavy atom. The summed E-state index contributed by atoms with van der Waals surface area (Å²) in [6, 6.07) is 9.74. The molecule has 0 amide bonds. The number of hydrogen-bond acceptors (Lipinski definition) is 10. The van der Waals surface area contributed by atoms with Crippen LogP contribution in [0.15, 0.2) is 51.1 Å². The number of rotatable bonds is 4. The van der Waals surface area contributed by atoms with Crippen LogP contribution in [0.4, 0.5) is 0 Å². The number of benzene rings is 2. The Balaban J connectivity index is -0.000000637. The van der Waals surface area contributed by atoms with Crippen molar-refractivity contribution in [2.24, 2.45) is 0 Å². The molecule has 0 bridgehead atoms. The molecule has 2 unspecified atom stereocenters. The minimum Gasteiger partial charge on any atom is -0.744 e. The zero-order chi connectivity index (χ0) is 24.6. The van der Waals surface area contributed by atoms with E-state index in [-0.39, 0.29) is 79.5 Å². The van der Waals surface area contributed by atoms with E-state index in [9.17, 15) is 21.4 Å². The molecule has 31 heavy (non-hydrogen) atoms. The van der Waals surface area contributed by atoms with E-state index in [4.69, 9.17) is 26.7 Å². The molecule has 0 aromatic heterocycles. The Hall–Kier alpha value is 1.34. The fourth-order valence-electron chi connectivity index (χ4n) is 1.71. The molecule has 0 aliphatic rings. The van der Waals surface area contributed by atoms with E-state index < -0.39 is 39.8 Å². The van der Waals surface area contributed by atoms with E-state index in [2.05, 4.69) is 27.9 Å². The molecule has 0 saturated carbocycles. The van der Waals surface area contributed by atoms with Crippen LogP contribution in [0.5, 0.6) is 0 Å². The van der Waals surface area contributed by atoms with Crippen molar-refractivity contribution in [2.75, 3.05) is 0 Å². The zero-order valence-electron chi connectivity index (χ0n) is 18.3. The summed E-state index contributed by atoms with van der Waals surface area (Å²) < 4.78 is 95.8. The first-order valence-electron chi connectivity index (χ1n) is 7.74. The van der Waals surface area contributed by atoms with Gasteiger partial charge in [-0.3, -0.25) is 0 Å². The minimum atomic E-state index is -4.75. The summed E-state index contributed by atoms with van der Waals surface area (Å²) in [6.07, 6.45) is 0. The number of halogens is 1. The predicted molar refractivity (Wildman–Crippen MR) is 116 cm³/mol. The molecule has 2 aromatic rings. The van der Waals surface area contributed by atoms with E-state index in [1.54, 1.807) is 0 Å². The van der Waals surface area contributed by atoms with Gasteiger partial charge in [0.2, 0.25) is 0 Å². The van der Waals surface area contributed by atoms with E-state index in [1.165, 1.54) is 37.3 Å². The van der Waals surface area contributed by atoms with E-state index in [0.717, 1.165) is 6.07 Å². The Morgan fingerprint density at radius 3 is 1.97 bits per heavy atom. The molecule has 2 rings (SSSR count). The van der Waals surface area contributed by atoms with Crippen LogP contribution in [0.25, 0.3) is 0 Å². The average molecular weight is 585 g/mol. The Bertz CT molecular complexity index is 1220. The Kier molecular flexibility index (Phi) is 17.6. The summed E-state index contributed by atoms with van der Waals surface area (Å²) in [5, 5.41) is 0.251. The van der Waals surface area contributed by atoms with Crippen LogP contribution >= 0.6 is 46.0 Å². The van der Waals surface area contributed by atoms with Crippen molar-refractivity contribution < 1.29 is 94.5 Å². The number of aryl methyl sites for hydroxylation is 1. The van der Waals surface area contributed by atoms with Crippen molar-refractivity contribution in [3.63, 3.8) is 0 Å². The van der Waals surface area contributed by atoms with E-state index >= 15 is 0 Å². The molecule has 0 aliphatic carbocycles. The molecule has 162 valence electrons. The van der Waals surface area contributed by atoms with Crippen molar-refractivity contribution in [3.05, 3.63) is 53.1 Å². The third-order valence-corrected chi connectivity index (χ3v) is 5.76. The maximum Gasteiger partial charge on any atom is 1.00 e. The standard InChI is InChI=1S/C13H10ClO5S2.CH5PS2.2Na.O3S/c1-9-2-5-12(8-13(9)21(17,18)19)20(15,16)11-6-3-10(14)4-7-11;2-1(3)4;;;1-4(2)3/h2-3,5-8H,1H3,(H,17,18,19);1,3-4H,2H2;;;/q-1;;2*+1;/p-1/i;1D;;;/hD. The van der Waals surface area contributed by atoms with Crippen molar-refractivity contribution in [1.82, 2.24) is 0 Å². The molecular formula is C14H14ClNa2O8PS5. The second-order valence-corrected chi connectivity index (χ2v) is 11.6. The van der Waals surface area contributed by atoms with Gasteiger partial charge >= 0.3 is 69.7 Å². The number of sulfone groups is 1. The molecule has 0 heterocycles. The summed E-state index contributed by atoms with van der Waals surface area (Å²) >= 11 is 9.93. The molecule has 0 N–H and O–H groups in total. The van der Waals surface area contributed by atoms with Crippen LogP contribution < -0.4 is 59.1 Å². The summed E-state index contributed by atoms with van der Waals surface area (Å²) in [6.45, 7) is 1.41. The Labute approximate surface area is 248 Å². The number of hydrogen-bond donors (Lipinski definition) is 2.